The van der Waals surface area contributed by atoms with Gasteiger partial charge in [-0.25, -0.2) is 0 Å². The Hall–Kier alpha value is -0.0800. The SMILES string of the molecule is CN1CCOC(CCC(C)(C)C)C1. The lowest BCUT2D eigenvalue weighted by Gasteiger charge is -2.31. The average molecular weight is 185 g/mol. The van der Waals surface area contributed by atoms with Gasteiger partial charge in [-0.1, -0.05) is 20.8 Å². The topological polar surface area (TPSA) is 12.5 Å². The lowest BCUT2D eigenvalue weighted by atomic mass is 9.89. The summed E-state index contributed by atoms with van der Waals surface area (Å²) in [5.41, 5.74) is 0.444. The van der Waals surface area contributed by atoms with Gasteiger partial charge in [0.25, 0.3) is 0 Å². The molecular formula is C11H23NO. The van der Waals surface area contributed by atoms with E-state index in [0.29, 0.717) is 11.5 Å². The summed E-state index contributed by atoms with van der Waals surface area (Å²) in [6, 6.07) is 0. The van der Waals surface area contributed by atoms with E-state index < -0.39 is 0 Å². The van der Waals surface area contributed by atoms with Crippen molar-refractivity contribution in [3.8, 4) is 0 Å². The van der Waals surface area contributed by atoms with Crippen LogP contribution in [0.25, 0.3) is 0 Å². The van der Waals surface area contributed by atoms with Crippen molar-refractivity contribution in [3.63, 3.8) is 0 Å². The summed E-state index contributed by atoms with van der Waals surface area (Å²) in [5.74, 6) is 0. The second-order valence-electron chi connectivity index (χ2n) is 5.35. The molecule has 1 aliphatic rings. The van der Waals surface area contributed by atoms with E-state index in [-0.39, 0.29) is 0 Å². The molecule has 1 rings (SSSR count). The summed E-state index contributed by atoms with van der Waals surface area (Å²) in [4.78, 5) is 2.36. The smallest absolute Gasteiger partial charge is 0.0702 e. The van der Waals surface area contributed by atoms with Crippen molar-refractivity contribution in [3.05, 3.63) is 0 Å². The van der Waals surface area contributed by atoms with E-state index in [1.807, 2.05) is 0 Å². The summed E-state index contributed by atoms with van der Waals surface area (Å²) >= 11 is 0. The van der Waals surface area contributed by atoms with Crippen molar-refractivity contribution >= 4 is 0 Å². The highest BCUT2D eigenvalue weighted by molar-refractivity contribution is 4.72. The zero-order chi connectivity index (χ0) is 9.90. The second-order valence-corrected chi connectivity index (χ2v) is 5.35. The molecule has 1 atom stereocenters. The first-order chi connectivity index (χ1) is 5.97. The van der Waals surface area contributed by atoms with E-state index in [9.17, 15) is 0 Å². The van der Waals surface area contributed by atoms with Gasteiger partial charge in [0.2, 0.25) is 0 Å². The highest BCUT2D eigenvalue weighted by Crippen LogP contribution is 2.23. The fourth-order valence-corrected chi connectivity index (χ4v) is 1.64. The molecule has 2 heteroatoms. The van der Waals surface area contributed by atoms with Gasteiger partial charge in [0.1, 0.15) is 0 Å². The molecule has 0 aromatic carbocycles. The molecule has 0 spiro atoms. The van der Waals surface area contributed by atoms with Gasteiger partial charge in [-0.05, 0) is 25.3 Å². The predicted molar refractivity (Wildman–Crippen MR) is 55.9 cm³/mol. The third kappa shape index (κ3) is 4.63. The Morgan fingerprint density at radius 3 is 2.62 bits per heavy atom. The van der Waals surface area contributed by atoms with Gasteiger partial charge >= 0.3 is 0 Å². The second kappa shape index (κ2) is 4.43. The Balaban J connectivity index is 2.21. The van der Waals surface area contributed by atoms with Crippen LogP contribution < -0.4 is 0 Å². The van der Waals surface area contributed by atoms with Gasteiger partial charge in [-0.15, -0.1) is 0 Å². The monoisotopic (exact) mass is 185 g/mol. The van der Waals surface area contributed by atoms with Gasteiger partial charge in [-0.2, -0.15) is 0 Å². The molecule has 1 aliphatic heterocycles. The summed E-state index contributed by atoms with van der Waals surface area (Å²) in [5, 5.41) is 0. The molecule has 78 valence electrons. The van der Waals surface area contributed by atoms with Crippen LogP contribution in [0, 0.1) is 5.41 Å². The highest BCUT2D eigenvalue weighted by Gasteiger charge is 2.20. The van der Waals surface area contributed by atoms with Crippen molar-refractivity contribution in [2.24, 2.45) is 5.41 Å². The van der Waals surface area contributed by atoms with Crippen LogP contribution in [-0.4, -0.2) is 37.7 Å². The van der Waals surface area contributed by atoms with Crippen molar-refractivity contribution in [2.75, 3.05) is 26.7 Å². The van der Waals surface area contributed by atoms with Gasteiger partial charge in [0.05, 0.1) is 12.7 Å². The highest BCUT2D eigenvalue weighted by atomic mass is 16.5. The number of nitrogens with zero attached hydrogens (tertiary/aromatic N) is 1. The van der Waals surface area contributed by atoms with E-state index in [2.05, 4.69) is 32.7 Å². The van der Waals surface area contributed by atoms with Gasteiger partial charge in [-0.3, -0.25) is 0 Å². The van der Waals surface area contributed by atoms with E-state index in [0.717, 1.165) is 19.7 Å². The van der Waals surface area contributed by atoms with Crippen molar-refractivity contribution in [2.45, 2.75) is 39.7 Å². The third-order valence-electron chi connectivity index (χ3n) is 2.56. The summed E-state index contributed by atoms with van der Waals surface area (Å²) in [6.45, 7) is 9.98. The van der Waals surface area contributed by atoms with Crippen LogP contribution in [0.15, 0.2) is 0 Å². The minimum atomic E-state index is 0.444. The molecular weight excluding hydrogens is 162 g/mol. The summed E-state index contributed by atoms with van der Waals surface area (Å²) in [7, 11) is 2.17. The van der Waals surface area contributed by atoms with Crippen molar-refractivity contribution < 1.29 is 4.74 Å². The number of ether oxygens (including phenoxy) is 1. The number of hydrogen-bond acceptors (Lipinski definition) is 2. The minimum absolute atomic E-state index is 0.444. The molecule has 0 N–H and O–H groups in total. The minimum Gasteiger partial charge on any atom is -0.376 e. The molecule has 0 bridgehead atoms. The number of hydrogen-bond donors (Lipinski definition) is 0. The fraction of sp³-hybridized carbons (Fsp3) is 1.00. The molecule has 1 heterocycles. The van der Waals surface area contributed by atoms with Gasteiger partial charge < -0.3 is 9.64 Å². The van der Waals surface area contributed by atoms with Crippen LogP contribution in [0.4, 0.5) is 0 Å². The van der Waals surface area contributed by atoms with Crippen LogP contribution >= 0.6 is 0 Å². The first-order valence-corrected chi connectivity index (χ1v) is 5.27. The van der Waals surface area contributed by atoms with Crippen LogP contribution in [0.3, 0.4) is 0 Å². The Morgan fingerprint density at radius 2 is 2.08 bits per heavy atom. The first-order valence-electron chi connectivity index (χ1n) is 5.27. The number of rotatable bonds is 2. The molecule has 0 aromatic heterocycles. The van der Waals surface area contributed by atoms with E-state index >= 15 is 0 Å². The molecule has 1 fully saturated rings. The van der Waals surface area contributed by atoms with Gasteiger partial charge in [0.15, 0.2) is 0 Å². The molecule has 2 nitrogen and oxygen atoms in total. The molecule has 0 amide bonds. The van der Waals surface area contributed by atoms with Crippen molar-refractivity contribution in [1.29, 1.82) is 0 Å². The lowest BCUT2D eigenvalue weighted by molar-refractivity contribution is -0.0277. The lowest BCUT2D eigenvalue weighted by Crippen LogP contribution is -2.40. The molecule has 13 heavy (non-hydrogen) atoms. The van der Waals surface area contributed by atoms with E-state index in [4.69, 9.17) is 4.74 Å². The number of morpholine rings is 1. The Bertz CT molecular complexity index is 151. The third-order valence-corrected chi connectivity index (χ3v) is 2.56. The molecule has 0 radical (unpaired) electrons. The normalized spacial score (nSPS) is 26.3. The summed E-state index contributed by atoms with van der Waals surface area (Å²) in [6.07, 6.45) is 2.93. The Labute approximate surface area is 82.3 Å². The maximum Gasteiger partial charge on any atom is 0.0702 e. The molecule has 1 saturated heterocycles. The fourth-order valence-electron chi connectivity index (χ4n) is 1.64. The van der Waals surface area contributed by atoms with Crippen LogP contribution in [0.2, 0.25) is 0 Å². The summed E-state index contributed by atoms with van der Waals surface area (Å²) < 4.78 is 5.70. The average Bonchev–Trinajstić information content (AvgIpc) is 2.00. The maximum atomic E-state index is 5.70. The van der Waals surface area contributed by atoms with E-state index in [1.54, 1.807) is 0 Å². The largest absolute Gasteiger partial charge is 0.376 e. The Kier molecular flexibility index (Phi) is 3.74. The first kappa shape index (κ1) is 11.0. The predicted octanol–water partition coefficient (Wildman–Crippen LogP) is 2.14. The van der Waals surface area contributed by atoms with Crippen LogP contribution in [0.5, 0.6) is 0 Å². The van der Waals surface area contributed by atoms with E-state index in [1.165, 1.54) is 12.8 Å². The standard InChI is InChI=1S/C11H23NO/c1-11(2,3)6-5-10-9-12(4)7-8-13-10/h10H,5-9H2,1-4H3. The van der Waals surface area contributed by atoms with Crippen LogP contribution in [-0.2, 0) is 4.74 Å². The van der Waals surface area contributed by atoms with Crippen molar-refractivity contribution in [1.82, 2.24) is 4.90 Å². The molecule has 0 aliphatic carbocycles. The zero-order valence-corrected chi connectivity index (χ0v) is 9.47. The molecule has 0 aromatic rings. The van der Waals surface area contributed by atoms with Gasteiger partial charge in [0, 0.05) is 13.1 Å². The molecule has 1 unspecified atom stereocenters. The maximum absolute atomic E-state index is 5.70. The Morgan fingerprint density at radius 1 is 1.38 bits per heavy atom. The quantitative estimate of drug-likeness (QED) is 0.653. The molecule has 0 saturated carbocycles. The zero-order valence-electron chi connectivity index (χ0n) is 9.47. The van der Waals surface area contributed by atoms with Crippen LogP contribution in [0.1, 0.15) is 33.6 Å². The number of likely N-dealkylation sites (N-methyl/N-ethyl adjacent to an activating group) is 1.